The van der Waals surface area contributed by atoms with Crippen LogP contribution < -0.4 is 0 Å². The van der Waals surface area contributed by atoms with Gasteiger partial charge in [0.1, 0.15) is 0 Å². The third kappa shape index (κ3) is 1.07. The predicted molar refractivity (Wildman–Crippen MR) is 46.7 cm³/mol. The van der Waals surface area contributed by atoms with E-state index in [1.807, 2.05) is 13.0 Å². The Kier molecular flexibility index (Phi) is 1.55. The number of carboxylic acid groups (broad SMARTS) is 1. The van der Waals surface area contributed by atoms with Crippen molar-refractivity contribution in [3.8, 4) is 0 Å². The van der Waals surface area contributed by atoms with Crippen molar-refractivity contribution in [2.45, 2.75) is 6.92 Å². The van der Waals surface area contributed by atoms with E-state index in [2.05, 4.69) is 11.3 Å². The summed E-state index contributed by atoms with van der Waals surface area (Å²) in [5.41, 5.74) is 2.21. The van der Waals surface area contributed by atoms with Crippen LogP contribution in [0.25, 0.3) is 11.0 Å². The molecule has 13 heavy (non-hydrogen) atoms. The van der Waals surface area contributed by atoms with E-state index in [1.165, 1.54) is 0 Å². The smallest absolute Gasteiger partial charge is 0.417 e. The standard InChI is InChI=1S/C9H7N2O2/c1-6-3-2-4-7-8(6)10-5-11(7)9(12)13/h2-4H,1H3,(H,12,13). The van der Waals surface area contributed by atoms with E-state index in [9.17, 15) is 4.79 Å². The zero-order chi connectivity index (χ0) is 9.42. The molecule has 0 saturated heterocycles. The van der Waals surface area contributed by atoms with Crippen LogP contribution in [0.5, 0.6) is 0 Å². The molecule has 0 amide bonds. The summed E-state index contributed by atoms with van der Waals surface area (Å²) < 4.78 is 0.988. The third-order valence-electron chi connectivity index (χ3n) is 1.91. The minimum Gasteiger partial charge on any atom is -0.464 e. The Morgan fingerprint density at radius 3 is 3.08 bits per heavy atom. The Morgan fingerprint density at radius 2 is 2.38 bits per heavy atom. The minimum atomic E-state index is -1.06. The van der Waals surface area contributed by atoms with Gasteiger partial charge in [0.25, 0.3) is 0 Å². The summed E-state index contributed by atoms with van der Waals surface area (Å²) in [4.78, 5) is 14.6. The van der Waals surface area contributed by atoms with Gasteiger partial charge in [-0.05, 0) is 18.6 Å². The van der Waals surface area contributed by atoms with Crippen molar-refractivity contribution in [3.63, 3.8) is 0 Å². The Hall–Kier alpha value is -1.84. The SMILES string of the molecule is Cc1cccc2c1n[c]n2C(=O)O. The Morgan fingerprint density at radius 1 is 1.62 bits per heavy atom. The molecule has 2 rings (SSSR count). The number of hydrogen-bond acceptors (Lipinski definition) is 2. The first-order valence-electron chi connectivity index (χ1n) is 3.79. The molecule has 0 aliphatic rings. The zero-order valence-electron chi connectivity index (χ0n) is 6.98. The summed E-state index contributed by atoms with van der Waals surface area (Å²) >= 11 is 0. The number of para-hydroxylation sites is 1. The number of benzene rings is 1. The zero-order valence-corrected chi connectivity index (χ0v) is 6.98. The fourth-order valence-electron chi connectivity index (χ4n) is 1.27. The van der Waals surface area contributed by atoms with E-state index in [4.69, 9.17) is 5.11 Å². The topological polar surface area (TPSA) is 55.1 Å². The van der Waals surface area contributed by atoms with Gasteiger partial charge in [-0.2, -0.15) is 0 Å². The summed E-state index contributed by atoms with van der Waals surface area (Å²) in [5, 5.41) is 8.75. The second-order valence-electron chi connectivity index (χ2n) is 2.77. The average Bonchev–Trinajstić information content (AvgIpc) is 2.48. The van der Waals surface area contributed by atoms with Gasteiger partial charge in [-0.15, -0.1) is 0 Å². The molecule has 0 saturated carbocycles. The molecule has 1 heterocycles. The Labute approximate surface area is 74.4 Å². The number of fused-ring (bicyclic) bond motifs is 1. The van der Waals surface area contributed by atoms with Crippen molar-refractivity contribution in [2.75, 3.05) is 0 Å². The van der Waals surface area contributed by atoms with Crippen LogP contribution in [-0.4, -0.2) is 20.8 Å². The van der Waals surface area contributed by atoms with Crippen molar-refractivity contribution in [2.24, 2.45) is 0 Å². The molecule has 4 heteroatoms. The van der Waals surface area contributed by atoms with E-state index in [-0.39, 0.29) is 0 Å². The molecule has 1 radical (unpaired) electrons. The van der Waals surface area contributed by atoms with Gasteiger partial charge in [0.05, 0.1) is 11.0 Å². The lowest BCUT2D eigenvalue weighted by atomic mass is 10.2. The summed E-state index contributed by atoms with van der Waals surface area (Å²) in [6, 6.07) is 5.39. The molecule has 0 bridgehead atoms. The van der Waals surface area contributed by atoms with Crippen LogP contribution in [0.2, 0.25) is 0 Å². The number of carbonyl (C=O) groups is 1. The summed E-state index contributed by atoms with van der Waals surface area (Å²) in [6.45, 7) is 1.88. The molecule has 0 fully saturated rings. The van der Waals surface area contributed by atoms with Gasteiger partial charge in [-0.1, -0.05) is 12.1 Å². The lowest BCUT2D eigenvalue weighted by Crippen LogP contribution is -2.05. The summed E-state index contributed by atoms with van der Waals surface area (Å²) in [6.07, 6.45) is 1.36. The quantitative estimate of drug-likeness (QED) is 0.662. The van der Waals surface area contributed by atoms with Crippen molar-refractivity contribution >= 4 is 17.1 Å². The highest BCUT2D eigenvalue weighted by molar-refractivity contribution is 5.87. The van der Waals surface area contributed by atoms with Crippen LogP contribution in [0.3, 0.4) is 0 Å². The maximum absolute atomic E-state index is 10.7. The summed E-state index contributed by atoms with van der Waals surface area (Å²) in [7, 11) is 0. The van der Waals surface area contributed by atoms with Crippen LogP contribution >= 0.6 is 0 Å². The molecule has 0 aliphatic carbocycles. The summed E-state index contributed by atoms with van der Waals surface area (Å²) in [5.74, 6) is 0. The monoisotopic (exact) mass is 175 g/mol. The van der Waals surface area contributed by atoms with E-state index in [0.29, 0.717) is 11.0 Å². The van der Waals surface area contributed by atoms with Gasteiger partial charge < -0.3 is 5.11 Å². The van der Waals surface area contributed by atoms with Gasteiger partial charge in [0, 0.05) is 0 Å². The van der Waals surface area contributed by atoms with Crippen molar-refractivity contribution in [1.29, 1.82) is 0 Å². The number of hydrogen-bond donors (Lipinski definition) is 1. The van der Waals surface area contributed by atoms with Crippen molar-refractivity contribution < 1.29 is 9.90 Å². The minimum absolute atomic E-state index is 0.576. The first kappa shape index (κ1) is 7.79. The lowest BCUT2D eigenvalue weighted by Gasteiger charge is -1.96. The molecule has 2 aromatic rings. The molecule has 4 nitrogen and oxygen atoms in total. The fourth-order valence-corrected chi connectivity index (χ4v) is 1.27. The molecule has 1 aromatic heterocycles. The molecule has 0 spiro atoms. The van der Waals surface area contributed by atoms with Crippen LogP contribution in [0.1, 0.15) is 5.56 Å². The van der Waals surface area contributed by atoms with Crippen LogP contribution in [-0.2, 0) is 0 Å². The highest BCUT2D eigenvalue weighted by Crippen LogP contribution is 2.15. The number of aryl methyl sites for hydroxylation is 1. The maximum atomic E-state index is 10.7. The van der Waals surface area contributed by atoms with Crippen LogP contribution in [0, 0.1) is 13.3 Å². The molecule has 0 unspecified atom stereocenters. The molecule has 0 atom stereocenters. The van der Waals surface area contributed by atoms with Gasteiger partial charge in [0.2, 0.25) is 0 Å². The number of imidazole rings is 1. The second kappa shape index (κ2) is 2.58. The average molecular weight is 175 g/mol. The van der Waals surface area contributed by atoms with Gasteiger partial charge in [0.15, 0.2) is 6.33 Å². The Balaban J connectivity index is 2.83. The highest BCUT2D eigenvalue weighted by atomic mass is 16.4. The first-order chi connectivity index (χ1) is 6.20. The lowest BCUT2D eigenvalue weighted by molar-refractivity contribution is 0.197. The van der Waals surface area contributed by atoms with Crippen molar-refractivity contribution in [1.82, 2.24) is 9.55 Å². The van der Waals surface area contributed by atoms with E-state index in [1.54, 1.807) is 12.1 Å². The second-order valence-corrected chi connectivity index (χ2v) is 2.77. The van der Waals surface area contributed by atoms with E-state index in [0.717, 1.165) is 10.1 Å². The Bertz CT molecular complexity index is 473. The van der Waals surface area contributed by atoms with Crippen molar-refractivity contribution in [3.05, 3.63) is 30.1 Å². The molecular formula is C9H7N2O2. The molecule has 0 aliphatic heterocycles. The van der Waals surface area contributed by atoms with E-state index >= 15 is 0 Å². The third-order valence-corrected chi connectivity index (χ3v) is 1.91. The van der Waals surface area contributed by atoms with Gasteiger partial charge >= 0.3 is 6.09 Å². The van der Waals surface area contributed by atoms with Crippen LogP contribution in [0.4, 0.5) is 4.79 Å². The fraction of sp³-hybridized carbons (Fsp3) is 0.111. The van der Waals surface area contributed by atoms with Gasteiger partial charge in [-0.25, -0.2) is 14.3 Å². The normalized spacial score (nSPS) is 10.5. The molecule has 1 N–H and O–H groups in total. The predicted octanol–water partition coefficient (Wildman–Crippen LogP) is 1.67. The number of aromatic nitrogens is 2. The van der Waals surface area contributed by atoms with E-state index < -0.39 is 6.09 Å². The molecule has 1 aromatic carbocycles. The molecular weight excluding hydrogens is 168 g/mol. The van der Waals surface area contributed by atoms with Gasteiger partial charge in [-0.3, -0.25) is 0 Å². The van der Waals surface area contributed by atoms with Crippen LogP contribution in [0.15, 0.2) is 18.2 Å². The first-order valence-corrected chi connectivity index (χ1v) is 3.79. The number of nitrogens with zero attached hydrogens (tertiary/aromatic N) is 2. The maximum Gasteiger partial charge on any atom is 0.417 e. The highest BCUT2D eigenvalue weighted by Gasteiger charge is 2.09. The molecule has 65 valence electrons. The largest absolute Gasteiger partial charge is 0.464 e. The number of rotatable bonds is 0.